The van der Waals surface area contributed by atoms with E-state index in [1.165, 1.54) is 70.9 Å². The minimum absolute atomic E-state index is 0. The SMILES string of the molecule is Brc1cc2oc3ccccc3c2c2ccccc12.C.Cc1ccc(-c2cc3oc4ccccc4c3c3ccccc23)c(-c2ccccc2)c1.Cc1ccc(B(O)O)c(-c2ccccc2)c1. The molecule has 12 rings (SSSR count). The van der Waals surface area contributed by atoms with Gasteiger partial charge >= 0.3 is 7.12 Å². The van der Waals surface area contributed by atoms with E-state index in [0.29, 0.717) is 5.46 Å². The van der Waals surface area contributed by atoms with Crippen LogP contribution in [0, 0.1) is 13.8 Å². The maximum absolute atomic E-state index is 9.31. The molecule has 4 nitrogen and oxygen atoms in total. The van der Waals surface area contributed by atoms with E-state index >= 15 is 0 Å². The van der Waals surface area contributed by atoms with Gasteiger partial charge in [0, 0.05) is 26.0 Å². The second-order valence-electron chi connectivity index (χ2n) is 16.1. The molecule has 0 aliphatic heterocycles. The van der Waals surface area contributed by atoms with Crippen molar-refractivity contribution in [3.05, 3.63) is 222 Å². The fourth-order valence-electron chi connectivity index (χ4n) is 8.87. The molecule has 0 aliphatic carbocycles. The van der Waals surface area contributed by atoms with E-state index < -0.39 is 7.12 Å². The molecule has 0 saturated carbocycles. The van der Waals surface area contributed by atoms with Crippen LogP contribution in [0.5, 0.6) is 0 Å². The van der Waals surface area contributed by atoms with Gasteiger partial charge in [0.25, 0.3) is 0 Å². The summed E-state index contributed by atoms with van der Waals surface area (Å²) < 4.78 is 13.3. The van der Waals surface area contributed by atoms with Crippen LogP contribution in [-0.2, 0) is 0 Å². The maximum Gasteiger partial charge on any atom is 0.489 e. The number of furan rings is 2. The number of aryl methyl sites for hydroxylation is 2. The summed E-state index contributed by atoms with van der Waals surface area (Å²) >= 11 is 3.62. The van der Waals surface area contributed by atoms with Crippen LogP contribution in [0.25, 0.3) is 98.8 Å². The molecule has 65 heavy (non-hydrogen) atoms. The lowest BCUT2D eigenvalue weighted by molar-refractivity contribution is 0.426. The Morgan fingerprint density at radius 2 is 0.800 bits per heavy atom. The Bertz CT molecular complexity index is 3630. The topological polar surface area (TPSA) is 66.7 Å². The fourth-order valence-corrected chi connectivity index (χ4v) is 9.42. The average molecular weight is 910 g/mol. The first-order valence-electron chi connectivity index (χ1n) is 21.3. The Morgan fingerprint density at radius 1 is 0.369 bits per heavy atom. The van der Waals surface area contributed by atoms with Gasteiger partial charge in [0.1, 0.15) is 22.3 Å². The van der Waals surface area contributed by atoms with Crippen molar-refractivity contribution in [3.8, 4) is 33.4 Å². The predicted octanol–water partition coefficient (Wildman–Crippen LogP) is 15.9. The van der Waals surface area contributed by atoms with Crippen LogP contribution >= 0.6 is 15.9 Å². The van der Waals surface area contributed by atoms with Gasteiger partial charge in [-0.15, -0.1) is 0 Å². The molecule has 10 aromatic carbocycles. The summed E-state index contributed by atoms with van der Waals surface area (Å²) in [6, 6.07) is 70.5. The van der Waals surface area contributed by atoms with Gasteiger partial charge in [-0.2, -0.15) is 0 Å². The highest BCUT2D eigenvalue weighted by Crippen LogP contribution is 2.43. The minimum atomic E-state index is -1.43. The zero-order valence-corrected chi connectivity index (χ0v) is 36.9. The summed E-state index contributed by atoms with van der Waals surface area (Å²) in [5.41, 5.74) is 13.4. The molecule has 0 radical (unpaired) electrons. The summed E-state index contributed by atoms with van der Waals surface area (Å²) in [7, 11) is -1.43. The molecule has 0 bridgehead atoms. The van der Waals surface area contributed by atoms with Crippen molar-refractivity contribution in [3.63, 3.8) is 0 Å². The van der Waals surface area contributed by atoms with Gasteiger partial charge in [0.2, 0.25) is 0 Å². The largest absolute Gasteiger partial charge is 0.489 e. The highest BCUT2D eigenvalue weighted by atomic mass is 79.9. The second-order valence-corrected chi connectivity index (χ2v) is 16.9. The third kappa shape index (κ3) is 8.36. The molecule has 0 saturated heterocycles. The third-order valence-electron chi connectivity index (χ3n) is 11.8. The van der Waals surface area contributed by atoms with E-state index in [-0.39, 0.29) is 7.43 Å². The Balaban J connectivity index is 0.000000131. The molecule has 0 amide bonds. The predicted molar refractivity (Wildman–Crippen MR) is 279 cm³/mol. The van der Waals surface area contributed by atoms with Crippen molar-refractivity contribution in [1.82, 2.24) is 0 Å². The van der Waals surface area contributed by atoms with E-state index in [1.807, 2.05) is 79.7 Å². The molecule has 2 N–H and O–H groups in total. The Morgan fingerprint density at radius 3 is 1.37 bits per heavy atom. The molecule has 12 aromatic rings. The molecular weight excluding hydrogens is 863 g/mol. The second kappa shape index (κ2) is 18.5. The van der Waals surface area contributed by atoms with Gasteiger partial charge in [0.05, 0.1) is 0 Å². The number of rotatable bonds is 4. The number of halogens is 1. The van der Waals surface area contributed by atoms with E-state index in [0.717, 1.165) is 43.5 Å². The van der Waals surface area contributed by atoms with Gasteiger partial charge in [0.15, 0.2) is 0 Å². The molecule has 6 heteroatoms. The van der Waals surface area contributed by atoms with E-state index in [1.54, 1.807) is 6.07 Å². The van der Waals surface area contributed by atoms with Crippen LogP contribution in [0.2, 0.25) is 0 Å². The van der Waals surface area contributed by atoms with Crippen molar-refractivity contribution >= 4 is 93.9 Å². The van der Waals surface area contributed by atoms with Gasteiger partial charge in [-0.1, -0.05) is 216 Å². The Kier molecular flexibility index (Phi) is 12.2. The van der Waals surface area contributed by atoms with Crippen LogP contribution in [0.1, 0.15) is 18.6 Å². The summed E-state index contributed by atoms with van der Waals surface area (Å²) in [4.78, 5) is 0. The number of hydrogen-bond acceptors (Lipinski definition) is 4. The van der Waals surface area contributed by atoms with Crippen molar-refractivity contribution in [1.29, 1.82) is 0 Å². The standard InChI is InChI=1S/C29H20O.C16H9BrO.C13H13BO2.CH4/c1-19-15-16-22(25(17-19)20-9-3-2-4-10-20)26-18-28-29(23-12-6-5-11-21(23)26)24-13-7-8-14-27(24)30-28;17-13-9-15-16(11-6-2-1-5-10(11)13)12-7-3-4-8-14(12)18-15;1-10-7-8-13(14(15)16)12(9-10)11-5-3-2-4-6-11;/h2-18H,1H3;1-9H;2-9,15-16H,1H3;1H4. The Hall–Kier alpha value is -7.22. The maximum atomic E-state index is 9.31. The first-order valence-corrected chi connectivity index (χ1v) is 22.1. The highest BCUT2D eigenvalue weighted by molar-refractivity contribution is 9.10. The van der Waals surface area contributed by atoms with Gasteiger partial charge < -0.3 is 18.9 Å². The summed E-state index contributed by atoms with van der Waals surface area (Å²) in [6.45, 7) is 4.14. The number of benzene rings is 10. The first-order chi connectivity index (χ1) is 31.3. The lowest BCUT2D eigenvalue weighted by atomic mass is 9.75. The van der Waals surface area contributed by atoms with Crippen molar-refractivity contribution in [2.24, 2.45) is 0 Å². The monoisotopic (exact) mass is 908 g/mol. The smallest absolute Gasteiger partial charge is 0.456 e. The molecule has 2 heterocycles. The zero-order chi connectivity index (χ0) is 43.7. The lowest BCUT2D eigenvalue weighted by Crippen LogP contribution is -2.31. The van der Waals surface area contributed by atoms with Crippen LogP contribution < -0.4 is 5.46 Å². The van der Waals surface area contributed by atoms with Crippen molar-refractivity contribution in [2.45, 2.75) is 21.3 Å². The average Bonchev–Trinajstić information content (AvgIpc) is 3.91. The molecule has 0 atom stereocenters. The van der Waals surface area contributed by atoms with Gasteiger partial charge in [-0.05, 0) is 98.5 Å². The molecule has 2 aromatic heterocycles. The van der Waals surface area contributed by atoms with Gasteiger partial charge in [-0.3, -0.25) is 0 Å². The van der Waals surface area contributed by atoms with E-state index in [9.17, 15) is 10.0 Å². The van der Waals surface area contributed by atoms with E-state index in [4.69, 9.17) is 8.83 Å². The number of para-hydroxylation sites is 2. The fraction of sp³-hybridized carbons (Fsp3) is 0.0508. The molecule has 0 unspecified atom stereocenters. The molecule has 0 spiro atoms. The number of fused-ring (bicyclic) bond motifs is 10. The first kappa shape index (κ1) is 43.1. The molecule has 316 valence electrons. The lowest BCUT2D eigenvalue weighted by Gasteiger charge is -2.14. The molecule has 0 aliphatic rings. The summed E-state index contributed by atoms with van der Waals surface area (Å²) in [5, 5.41) is 28.3. The zero-order valence-electron chi connectivity index (χ0n) is 35.3. The quantitative estimate of drug-likeness (QED) is 0.173. The van der Waals surface area contributed by atoms with Gasteiger partial charge in [-0.25, -0.2) is 0 Å². The van der Waals surface area contributed by atoms with Crippen molar-refractivity contribution in [2.75, 3.05) is 0 Å². The minimum Gasteiger partial charge on any atom is -0.456 e. The summed E-state index contributed by atoms with van der Waals surface area (Å²) in [5.74, 6) is 0. The van der Waals surface area contributed by atoms with Crippen molar-refractivity contribution < 1.29 is 18.9 Å². The normalized spacial score (nSPS) is 11.0. The molecule has 0 fully saturated rings. The van der Waals surface area contributed by atoms with Crippen LogP contribution in [0.15, 0.2) is 220 Å². The van der Waals surface area contributed by atoms with Crippen LogP contribution in [0.3, 0.4) is 0 Å². The van der Waals surface area contributed by atoms with Crippen LogP contribution in [0.4, 0.5) is 0 Å². The Labute approximate surface area is 387 Å². The van der Waals surface area contributed by atoms with Crippen LogP contribution in [-0.4, -0.2) is 17.2 Å². The van der Waals surface area contributed by atoms with E-state index in [2.05, 4.69) is 150 Å². The third-order valence-corrected chi connectivity index (χ3v) is 12.5. The summed E-state index contributed by atoms with van der Waals surface area (Å²) in [6.07, 6.45) is 0. The highest BCUT2D eigenvalue weighted by Gasteiger charge is 2.18. The number of hydrogen-bond donors (Lipinski definition) is 2. The molecular formula is C59H46BBrO4.